The topological polar surface area (TPSA) is 20.2 Å². The third-order valence-electron chi connectivity index (χ3n) is 2.01. The Balaban J connectivity index is 2.50. The molecule has 1 N–H and O–H groups in total. The van der Waals surface area contributed by atoms with Crippen LogP contribution >= 0.6 is 0 Å². The summed E-state index contributed by atoms with van der Waals surface area (Å²) in [5, 5.41) is 10.9. The zero-order valence-corrected chi connectivity index (χ0v) is 10.2. The molecule has 0 saturated carbocycles. The van der Waals surface area contributed by atoms with E-state index in [1.54, 1.807) is 0 Å². The summed E-state index contributed by atoms with van der Waals surface area (Å²) in [4.78, 5) is 0. The Morgan fingerprint density at radius 2 is 2.07 bits per heavy atom. The molecular weight excluding hydrogens is 239 g/mol. The van der Waals surface area contributed by atoms with Gasteiger partial charge in [0.2, 0.25) is 0 Å². The fourth-order valence-electron chi connectivity index (χ4n) is 1.33. The summed E-state index contributed by atoms with van der Waals surface area (Å²) in [6.45, 7) is 3.97. The maximum atomic E-state index is 9.86. The van der Waals surface area contributed by atoms with Gasteiger partial charge in [0, 0.05) is 0 Å². The van der Waals surface area contributed by atoms with Crippen molar-refractivity contribution in [3.63, 3.8) is 0 Å². The molecule has 1 rings (SSSR count). The number of rotatable bonds is 5. The summed E-state index contributed by atoms with van der Waals surface area (Å²) in [5.41, 5.74) is 2.14. The maximum absolute atomic E-state index is 9.86. The summed E-state index contributed by atoms with van der Waals surface area (Å²) in [5.74, 6) is 2.19. The first-order chi connectivity index (χ1) is 6.74. The summed E-state index contributed by atoms with van der Waals surface area (Å²) >= 11 is 0.619. The van der Waals surface area contributed by atoms with Crippen LogP contribution in [0.5, 0.6) is 0 Å². The first kappa shape index (κ1) is 11.5. The van der Waals surface area contributed by atoms with E-state index in [9.17, 15) is 5.11 Å². The molecule has 0 radical (unpaired) electrons. The van der Waals surface area contributed by atoms with Gasteiger partial charge in [-0.3, -0.25) is 0 Å². The van der Waals surface area contributed by atoms with Crippen molar-refractivity contribution in [1.82, 2.24) is 0 Å². The van der Waals surface area contributed by atoms with Gasteiger partial charge in [0.25, 0.3) is 0 Å². The van der Waals surface area contributed by atoms with Crippen LogP contribution in [0.4, 0.5) is 0 Å². The standard InChI is InChI=1S/C12H16OSe/c1-10(9-14-2)8-12(13)11-6-4-3-5-7-11/h3-7,12-13H,1,8-9H2,2H3. The van der Waals surface area contributed by atoms with Crippen LogP contribution in [-0.2, 0) is 0 Å². The predicted octanol–water partition coefficient (Wildman–Crippen LogP) is 2.84. The van der Waals surface area contributed by atoms with E-state index < -0.39 is 0 Å². The number of hydrogen-bond acceptors (Lipinski definition) is 1. The van der Waals surface area contributed by atoms with E-state index in [-0.39, 0.29) is 6.10 Å². The molecule has 0 bridgehead atoms. The molecule has 0 aliphatic carbocycles. The van der Waals surface area contributed by atoms with Crippen LogP contribution in [-0.4, -0.2) is 20.1 Å². The van der Waals surface area contributed by atoms with Crippen molar-refractivity contribution in [3.8, 4) is 0 Å². The van der Waals surface area contributed by atoms with Crippen LogP contribution in [0, 0.1) is 0 Å². The van der Waals surface area contributed by atoms with Crippen LogP contribution in [0.1, 0.15) is 18.1 Å². The number of aliphatic hydroxyl groups is 1. The van der Waals surface area contributed by atoms with Crippen molar-refractivity contribution >= 4 is 15.0 Å². The molecule has 0 aliphatic rings. The molecule has 0 fully saturated rings. The molecule has 1 aromatic rings. The fraction of sp³-hybridized carbons (Fsp3) is 0.333. The van der Waals surface area contributed by atoms with Crippen LogP contribution < -0.4 is 0 Å². The summed E-state index contributed by atoms with van der Waals surface area (Å²) in [7, 11) is 0. The van der Waals surface area contributed by atoms with E-state index >= 15 is 0 Å². The van der Waals surface area contributed by atoms with E-state index in [4.69, 9.17) is 0 Å². The summed E-state index contributed by atoms with van der Waals surface area (Å²) in [6, 6.07) is 9.76. The molecule has 0 spiro atoms. The fourth-order valence-corrected chi connectivity index (χ4v) is 2.43. The molecule has 2 heteroatoms. The van der Waals surface area contributed by atoms with E-state index in [1.807, 2.05) is 30.3 Å². The summed E-state index contributed by atoms with van der Waals surface area (Å²) < 4.78 is 0. The Labute approximate surface area is 92.0 Å². The number of hydrogen-bond donors (Lipinski definition) is 1. The SMILES string of the molecule is C=C(C[Se]C)CC(O)c1ccccc1. The van der Waals surface area contributed by atoms with Gasteiger partial charge in [-0.25, -0.2) is 0 Å². The Hall–Kier alpha value is -0.561. The van der Waals surface area contributed by atoms with Crippen LogP contribution in [0.3, 0.4) is 0 Å². The van der Waals surface area contributed by atoms with Gasteiger partial charge in [0.15, 0.2) is 0 Å². The van der Waals surface area contributed by atoms with Gasteiger partial charge in [-0.1, -0.05) is 0 Å². The Morgan fingerprint density at radius 3 is 2.64 bits per heavy atom. The van der Waals surface area contributed by atoms with E-state index in [1.165, 1.54) is 0 Å². The molecule has 1 nitrogen and oxygen atoms in total. The Bertz CT molecular complexity index is 282. The van der Waals surface area contributed by atoms with Crippen LogP contribution in [0.15, 0.2) is 42.5 Å². The van der Waals surface area contributed by atoms with Crippen molar-refractivity contribution in [3.05, 3.63) is 48.0 Å². The molecule has 1 atom stereocenters. The third kappa shape index (κ3) is 3.67. The predicted molar refractivity (Wildman–Crippen MR) is 61.6 cm³/mol. The number of benzene rings is 1. The van der Waals surface area contributed by atoms with Crippen molar-refractivity contribution < 1.29 is 5.11 Å². The first-order valence-electron chi connectivity index (χ1n) is 4.62. The Kier molecular flexibility index (Phi) is 4.95. The van der Waals surface area contributed by atoms with Gasteiger partial charge < -0.3 is 0 Å². The van der Waals surface area contributed by atoms with Gasteiger partial charge in [-0.15, -0.1) is 0 Å². The molecule has 76 valence electrons. The molecule has 0 aliphatic heterocycles. The van der Waals surface area contributed by atoms with Gasteiger partial charge in [-0.2, -0.15) is 0 Å². The monoisotopic (exact) mass is 256 g/mol. The van der Waals surface area contributed by atoms with E-state index in [2.05, 4.69) is 12.4 Å². The van der Waals surface area contributed by atoms with Gasteiger partial charge in [0.1, 0.15) is 0 Å². The normalized spacial score (nSPS) is 12.4. The third-order valence-corrected chi connectivity index (χ3v) is 3.48. The average Bonchev–Trinajstić information content (AvgIpc) is 2.19. The van der Waals surface area contributed by atoms with Crippen LogP contribution in [0.25, 0.3) is 0 Å². The second-order valence-corrected chi connectivity index (χ2v) is 5.13. The van der Waals surface area contributed by atoms with Crippen molar-refractivity contribution in [2.45, 2.75) is 23.7 Å². The van der Waals surface area contributed by atoms with Gasteiger partial charge in [0.05, 0.1) is 0 Å². The second-order valence-electron chi connectivity index (χ2n) is 3.31. The van der Waals surface area contributed by atoms with Gasteiger partial charge >= 0.3 is 91.8 Å². The molecule has 1 unspecified atom stereocenters. The van der Waals surface area contributed by atoms with Gasteiger partial charge in [-0.05, 0) is 0 Å². The molecule has 1 aromatic carbocycles. The molecule has 14 heavy (non-hydrogen) atoms. The minimum absolute atomic E-state index is 0.383. The second kappa shape index (κ2) is 6.02. The molecule has 0 aromatic heterocycles. The molecule has 0 saturated heterocycles. The molecule has 0 amide bonds. The van der Waals surface area contributed by atoms with E-state index in [0.29, 0.717) is 21.4 Å². The van der Waals surface area contributed by atoms with E-state index in [0.717, 1.165) is 16.5 Å². The first-order valence-corrected chi connectivity index (χ1v) is 7.55. The van der Waals surface area contributed by atoms with Crippen molar-refractivity contribution in [2.24, 2.45) is 0 Å². The minimum atomic E-state index is -0.383. The summed E-state index contributed by atoms with van der Waals surface area (Å²) in [6.07, 6.45) is 0.311. The molecule has 0 heterocycles. The quantitative estimate of drug-likeness (QED) is 0.633. The average molecular weight is 255 g/mol. The molecular formula is C12H16OSe. The van der Waals surface area contributed by atoms with Crippen molar-refractivity contribution in [1.29, 1.82) is 0 Å². The zero-order chi connectivity index (χ0) is 10.4. The van der Waals surface area contributed by atoms with Crippen molar-refractivity contribution in [2.75, 3.05) is 0 Å². The zero-order valence-electron chi connectivity index (χ0n) is 8.44. The Morgan fingerprint density at radius 1 is 1.43 bits per heavy atom. The van der Waals surface area contributed by atoms with Crippen LogP contribution in [0.2, 0.25) is 11.1 Å². The number of aliphatic hydroxyl groups excluding tert-OH is 1.